The summed E-state index contributed by atoms with van der Waals surface area (Å²) in [6.07, 6.45) is 8.97. The maximum Gasteiger partial charge on any atom is 0.307 e. The minimum atomic E-state index is -3.98. The van der Waals surface area contributed by atoms with E-state index >= 15 is 0 Å². The van der Waals surface area contributed by atoms with Crippen LogP contribution in [0.1, 0.15) is 114 Å². The number of unbranched alkanes of at least 4 members (excludes halogenated alkanes) is 6. The van der Waals surface area contributed by atoms with Crippen molar-refractivity contribution in [1.82, 2.24) is 0 Å². The zero-order valence-corrected chi connectivity index (χ0v) is 24.8. The molecule has 0 spiro atoms. The summed E-state index contributed by atoms with van der Waals surface area (Å²) in [6.45, 7) is 2.32. The first-order chi connectivity index (χ1) is 19.0. The summed E-state index contributed by atoms with van der Waals surface area (Å²) in [5, 5.41) is 21.0. The number of hydrogen-bond acceptors (Lipinski definition) is 3. The van der Waals surface area contributed by atoms with E-state index in [1.54, 1.807) is 0 Å². The van der Waals surface area contributed by atoms with Crippen LogP contribution in [0.4, 0.5) is 17.6 Å². The van der Waals surface area contributed by atoms with Crippen LogP contribution in [0.2, 0.25) is 0 Å². The van der Waals surface area contributed by atoms with Crippen molar-refractivity contribution < 1.29 is 32.0 Å². The largest absolute Gasteiger partial charge is 0.508 e. The fourth-order valence-electron chi connectivity index (χ4n) is 8.26. The van der Waals surface area contributed by atoms with E-state index in [0.717, 1.165) is 64.2 Å². The standard InChI is InChI=1S/C32H48F4O3S/c1-31-17-15-26-25-12-11-24(37)21-23(25)20-22(29(26)27(31)13-14-28(31)38)10-7-5-3-2-4-6-8-18-40(39)19-9-16-32(35,36)30(33)34/h11-12,21-22,26-30,37-38H,2-10,13-20H2,1H3. The highest BCUT2D eigenvalue weighted by Crippen LogP contribution is 2.62. The van der Waals surface area contributed by atoms with Gasteiger partial charge in [0.15, 0.2) is 0 Å². The van der Waals surface area contributed by atoms with Crippen molar-refractivity contribution in [2.45, 2.75) is 128 Å². The molecule has 2 fully saturated rings. The zero-order chi connectivity index (χ0) is 28.9. The van der Waals surface area contributed by atoms with Gasteiger partial charge in [0.1, 0.15) is 5.75 Å². The lowest BCUT2D eigenvalue weighted by Gasteiger charge is -2.53. The van der Waals surface area contributed by atoms with Gasteiger partial charge in [0.2, 0.25) is 0 Å². The van der Waals surface area contributed by atoms with E-state index in [-0.39, 0.29) is 23.7 Å². The van der Waals surface area contributed by atoms with Crippen molar-refractivity contribution in [2.75, 3.05) is 11.5 Å². The molecular formula is C32H48F4O3S. The molecule has 1 aromatic carbocycles. The van der Waals surface area contributed by atoms with Crippen molar-refractivity contribution in [3.05, 3.63) is 29.3 Å². The minimum absolute atomic E-state index is 0.0361. The van der Waals surface area contributed by atoms with Gasteiger partial charge in [-0.3, -0.25) is 4.21 Å². The lowest BCUT2D eigenvalue weighted by Crippen LogP contribution is -2.47. The first-order valence-electron chi connectivity index (χ1n) is 15.5. The maximum absolute atomic E-state index is 12.9. The number of aliphatic hydroxyl groups excluding tert-OH is 1. The molecule has 0 amide bonds. The van der Waals surface area contributed by atoms with Crippen LogP contribution in [-0.2, 0) is 17.2 Å². The minimum Gasteiger partial charge on any atom is -0.508 e. The van der Waals surface area contributed by atoms with E-state index in [1.807, 2.05) is 12.1 Å². The summed E-state index contributed by atoms with van der Waals surface area (Å²) >= 11 is 0. The fraction of sp³-hybridized carbons (Fsp3) is 0.812. The monoisotopic (exact) mass is 588 g/mol. The molecule has 8 heteroatoms. The molecule has 0 aromatic heterocycles. The number of aromatic hydroxyl groups is 1. The number of fused-ring (bicyclic) bond motifs is 5. The smallest absolute Gasteiger partial charge is 0.307 e. The Hall–Kier alpha value is -1.15. The van der Waals surface area contributed by atoms with Gasteiger partial charge in [0.05, 0.1) is 6.10 Å². The Morgan fingerprint density at radius 2 is 1.68 bits per heavy atom. The van der Waals surface area contributed by atoms with Gasteiger partial charge in [-0.15, -0.1) is 0 Å². The summed E-state index contributed by atoms with van der Waals surface area (Å²) in [5.41, 5.74) is 2.78. The lowest BCUT2D eigenvalue weighted by molar-refractivity contribution is -0.132. The molecule has 2 N–H and O–H groups in total. The van der Waals surface area contributed by atoms with Crippen molar-refractivity contribution in [3.63, 3.8) is 0 Å². The Morgan fingerprint density at radius 3 is 2.40 bits per heavy atom. The first-order valence-corrected chi connectivity index (χ1v) is 17.0. The number of hydrogen-bond donors (Lipinski definition) is 2. The summed E-state index contributed by atoms with van der Waals surface area (Å²) in [4.78, 5) is 0. The number of phenolic OH excluding ortho intramolecular Hbond substituents is 1. The molecule has 3 nitrogen and oxygen atoms in total. The number of benzene rings is 1. The van der Waals surface area contributed by atoms with E-state index in [9.17, 15) is 32.0 Å². The van der Waals surface area contributed by atoms with Crippen LogP contribution in [0, 0.1) is 23.2 Å². The molecule has 40 heavy (non-hydrogen) atoms. The van der Waals surface area contributed by atoms with E-state index in [2.05, 4.69) is 13.0 Å². The molecule has 4 rings (SSSR count). The van der Waals surface area contributed by atoms with Gasteiger partial charge in [0.25, 0.3) is 0 Å². The Balaban J connectivity index is 1.16. The highest BCUT2D eigenvalue weighted by molar-refractivity contribution is 7.84. The van der Waals surface area contributed by atoms with Crippen LogP contribution in [-0.4, -0.2) is 44.4 Å². The van der Waals surface area contributed by atoms with Crippen LogP contribution < -0.4 is 0 Å². The number of phenols is 1. The fourth-order valence-corrected chi connectivity index (χ4v) is 9.46. The third-order valence-corrected chi connectivity index (χ3v) is 12.0. The highest BCUT2D eigenvalue weighted by atomic mass is 32.2. The third-order valence-electron chi connectivity index (χ3n) is 10.5. The second-order valence-corrected chi connectivity index (χ2v) is 14.7. The molecule has 7 unspecified atom stereocenters. The van der Waals surface area contributed by atoms with Gasteiger partial charge >= 0.3 is 12.3 Å². The van der Waals surface area contributed by atoms with Gasteiger partial charge in [-0.25, -0.2) is 17.6 Å². The van der Waals surface area contributed by atoms with Crippen LogP contribution in [0.15, 0.2) is 18.2 Å². The first kappa shape index (κ1) is 31.8. The molecule has 0 radical (unpaired) electrons. The summed E-state index contributed by atoms with van der Waals surface area (Å²) in [7, 11) is -1.22. The van der Waals surface area contributed by atoms with E-state index in [0.29, 0.717) is 35.2 Å². The molecule has 0 bridgehead atoms. The number of halogens is 4. The van der Waals surface area contributed by atoms with Crippen molar-refractivity contribution in [2.24, 2.45) is 23.2 Å². The number of rotatable bonds is 15. The third kappa shape index (κ3) is 7.43. The van der Waals surface area contributed by atoms with Gasteiger partial charge in [-0.2, -0.15) is 0 Å². The average molecular weight is 589 g/mol. The van der Waals surface area contributed by atoms with E-state index in [1.165, 1.54) is 30.4 Å². The SMILES string of the molecule is CC12CCC3c4ccc(O)cc4CC(CCCCCCCCCS(=O)CCCC(F)(F)C(F)F)C3C1CCC2O. The summed E-state index contributed by atoms with van der Waals surface area (Å²) < 4.78 is 62.3. The van der Waals surface area contributed by atoms with Gasteiger partial charge in [-0.05, 0) is 104 Å². The van der Waals surface area contributed by atoms with E-state index < -0.39 is 29.6 Å². The Morgan fingerprint density at radius 1 is 1.00 bits per heavy atom. The van der Waals surface area contributed by atoms with E-state index in [4.69, 9.17) is 0 Å². The van der Waals surface area contributed by atoms with Gasteiger partial charge in [-0.1, -0.05) is 51.5 Å². The van der Waals surface area contributed by atoms with Crippen molar-refractivity contribution in [1.29, 1.82) is 0 Å². The molecular weight excluding hydrogens is 540 g/mol. The molecule has 0 saturated heterocycles. The van der Waals surface area contributed by atoms with Crippen LogP contribution in [0.5, 0.6) is 5.75 Å². The van der Waals surface area contributed by atoms with Gasteiger partial charge in [0, 0.05) is 28.7 Å². The Kier molecular flexibility index (Phi) is 11.0. The lowest BCUT2D eigenvalue weighted by atomic mass is 9.52. The molecule has 2 saturated carbocycles. The van der Waals surface area contributed by atoms with Crippen molar-refractivity contribution in [3.8, 4) is 5.75 Å². The molecule has 3 aliphatic rings. The van der Waals surface area contributed by atoms with Crippen LogP contribution >= 0.6 is 0 Å². The normalized spacial score (nSPS) is 30.6. The molecule has 0 heterocycles. The molecule has 228 valence electrons. The van der Waals surface area contributed by atoms with Gasteiger partial charge < -0.3 is 10.2 Å². The number of aliphatic hydroxyl groups is 1. The Bertz CT molecular complexity index is 989. The molecule has 1 aromatic rings. The summed E-state index contributed by atoms with van der Waals surface area (Å²) in [6, 6.07) is 5.96. The molecule has 3 aliphatic carbocycles. The summed E-state index contributed by atoms with van der Waals surface area (Å²) in [5.74, 6) is -0.814. The zero-order valence-electron chi connectivity index (χ0n) is 23.9. The quantitative estimate of drug-likeness (QED) is 0.160. The van der Waals surface area contributed by atoms with Crippen LogP contribution in [0.25, 0.3) is 0 Å². The second-order valence-electron chi connectivity index (χ2n) is 13.1. The highest BCUT2D eigenvalue weighted by Gasteiger charge is 2.56. The predicted molar refractivity (Wildman–Crippen MR) is 153 cm³/mol. The second kappa shape index (κ2) is 13.9. The molecule has 0 aliphatic heterocycles. The van der Waals surface area contributed by atoms with Crippen molar-refractivity contribution >= 4 is 10.8 Å². The maximum atomic E-state index is 12.9. The topological polar surface area (TPSA) is 57.5 Å². The Labute approximate surface area is 240 Å². The van der Waals surface area contributed by atoms with Crippen LogP contribution in [0.3, 0.4) is 0 Å². The number of alkyl halides is 4. The molecule has 7 atom stereocenters. The average Bonchev–Trinajstić information content (AvgIpc) is 3.21. The predicted octanol–water partition coefficient (Wildman–Crippen LogP) is 8.39.